The summed E-state index contributed by atoms with van der Waals surface area (Å²) >= 11 is 0. The SMILES string of the molecule is CCn1cc(-c2ccc(OC)cc2)c(NS(=O)(=O)c2ccccc2)n1. The number of hydrogen-bond donors (Lipinski definition) is 1. The zero-order chi connectivity index (χ0) is 17.9. The van der Waals surface area contributed by atoms with Crippen LogP contribution in [0.15, 0.2) is 65.7 Å². The number of benzene rings is 2. The molecule has 0 saturated heterocycles. The number of anilines is 1. The largest absolute Gasteiger partial charge is 0.497 e. The van der Waals surface area contributed by atoms with Crippen molar-refractivity contribution in [1.29, 1.82) is 0 Å². The van der Waals surface area contributed by atoms with E-state index in [-0.39, 0.29) is 4.90 Å². The van der Waals surface area contributed by atoms with Crippen LogP contribution in [0, 0.1) is 0 Å². The van der Waals surface area contributed by atoms with Crippen molar-refractivity contribution in [2.45, 2.75) is 18.4 Å². The molecule has 0 saturated carbocycles. The Morgan fingerprint density at radius 2 is 1.76 bits per heavy atom. The lowest BCUT2D eigenvalue weighted by Crippen LogP contribution is -2.14. The molecular weight excluding hydrogens is 338 g/mol. The molecule has 0 amide bonds. The Bertz CT molecular complexity index is 949. The van der Waals surface area contributed by atoms with Crippen LogP contribution >= 0.6 is 0 Å². The van der Waals surface area contributed by atoms with Gasteiger partial charge < -0.3 is 4.74 Å². The van der Waals surface area contributed by atoms with Gasteiger partial charge in [0, 0.05) is 18.3 Å². The molecule has 1 N–H and O–H groups in total. The molecule has 0 atom stereocenters. The monoisotopic (exact) mass is 357 g/mol. The lowest BCUT2D eigenvalue weighted by Gasteiger charge is -2.08. The van der Waals surface area contributed by atoms with Gasteiger partial charge in [-0.15, -0.1) is 0 Å². The van der Waals surface area contributed by atoms with E-state index in [1.54, 1.807) is 42.1 Å². The number of sulfonamides is 1. The van der Waals surface area contributed by atoms with Crippen LogP contribution in [0.4, 0.5) is 5.82 Å². The van der Waals surface area contributed by atoms with E-state index in [2.05, 4.69) is 9.82 Å². The van der Waals surface area contributed by atoms with Crippen LogP contribution in [-0.4, -0.2) is 25.3 Å². The summed E-state index contributed by atoms with van der Waals surface area (Å²) in [4.78, 5) is 0.196. The summed E-state index contributed by atoms with van der Waals surface area (Å²) in [5.41, 5.74) is 1.57. The number of aromatic nitrogens is 2. The molecule has 0 unspecified atom stereocenters. The molecule has 0 fully saturated rings. The number of methoxy groups -OCH3 is 1. The van der Waals surface area contributed by atoms with Gasteiger partial charge in [-0.1, -0.05) is 30.3 Å². The first kappa shape index (κ1) is 17.0. The number of nitrogens with zero attached hydrogens (tertiary/aromatic N) is 2. The van der Waals surface area contributed by atoms with Crippen LogP contribution in [0.25, 0.3) is 11.1 Å². The highest BCUT2D eigenvalue weighted by molar-refractivity contribution is 7.92. The maximum absolute atomic E-state index is 12.6. The molecule has 0 radical (unpaired) electrons. The van der Waals surface area contributed by atoms with E-state index in [0.29, 0.717) is 17.9 Å². The molecule has 3 rings (SSSR count). The molecule has 2 aromatic carbocycles. The summed E-state index contributed by atoms with van der Waals surface area (Å²) in [6.45, 7) is 2.58. The molecule has 0 aliphatic carbocycles. The van der Waals surface area contributed by atoms with E-state index < -0.39 is 10.0 Å². The Kier molecular flexibility index (Phi) is 4.76. The molecule has 7 heteroatoms. The molecule has 0 spiro atoms. The van der Waals surface area contributed by atoms with E-state index in [1.165, 1.54) is 0 Å². The Balaban J connectivity index is 2.00. The van der Waals surface area contributed by atoms with Crippen molar-refractivity contribution < 1.29 is 13.2 Å². The number of ether oxygens (including phenoxy) is 1. The fourth-order valence-corrected chi connectivity index (χ4v) is 3.47. The molecule has 1 aromatic heterocycles. The molecule has 6 nitrogen and oxygen atoms in total. The fraction of sp³-hybridized carbons (Fsp3) is 0.167. The third-order valence-electron chi connectivity index (χ3n) is 3.77. The standard InChI is InChI=1S/C18H19N3O3S/c1-3-21-13-17(14-9-11-15(24-2)12-10-14)18(19-21)20-25(22,23)16-7-5-4-6-8-16/h4-13H,3H2,1-2H3,(H,19,20). The Morgan fingerprint density at radius 1 is 1.08 bits per heavy atom. The predicted octanol–water partition coefficient (Wildman–Crippen LogP) is 3.38. The third-order valence-corrected chi connectivity index (χ3v) is 5.13. The van der Waals surface area contributed by atoms with E-state index in [9.17, 15) is 8.42 Å². The average Bonchev–Trinajstić information content (AvgIpc) is 3.05. The smallest absolute Gasteiger partial charge is 0.263 e. The van der Waals surface area contributed by atoms with Crippen molar-refractivity contribution in [3.05, 3.63) is 60.8 Å². The first-order valence-electron chi connectivity index (χ1n) is 7.83. The summed E-state index contributed by atoms with van der Waals surface area (Å²) < 4.78 is 34.7. The summed E-state index contributed by atoms with van der Waals surface area (Å²) in [6.07, 6.45) is 1.82. The highest BCUT2D eigenvalue weighted by Crippen LogP contribution is 2.30. The van der Waals surface area contributed by atoms with Crippen LogP contribution < -0.4 is 9.46 Å². The highest BCUT2D eigenvalue weighted by atomic mass is 32.2. The highest BCUT2D eigenvalue weighted by Gasteiger charge is 2.19. The Labute approximate surface area is 147 Å². The third kappa shape index (κ3) is 3.66. The number of aryl methyl sites for hydroxylation is 1. The van der Waals surface area contributed by atoms with Crippen LogP contribution in [0.2, 0.25) is 0 Å². The molecule has 25 heavy (non-hydrogen) atoms. The van der Waals surface area contributed by atoms with Crippen LogP contribution in [-0.2, 0) is 16.6 Å². The van der Waals surface area contributed by atoms with Crippen LogP contribution in [0.3, 0.4) is 0 Å². The van der Waals surface area contributed by atoms with Crippen molar-refractivity contribution in [2.24, 2.45) is 0 Å². The summed E-state index contributed by atoms with van der Waals surface area (Å²) in [7, 11) is -2.10. The first-order valence-corrected chi connectivity index (χ1v) is 9.31. The first-order chi connectivity index (χ1) is 12.0. The average molecular weight is 357 g/mol. The zero-order valence-electron chi connectivity index (χ0n) is 14.0. The minimum absolute atomic E-state index is 0.196. The van der Waals surface area contributed by atoms with Gasteiger partial charge in [0.1, 0.15) is 5.75 Å². The molecule has 1 heterocycles. The second-order valence-corrected chi connectivity index (χ2v) is 7.08. The minimum Gasteiger partial charge on any atom is -0.497 e. The number of hydrogen-bond acceptors (Lipinski definition) is 4. The maximum Gasteiger partial charge on any atom is 0.263 e. The molecule has 130 valence electrons. The van der Waals surface area contributed by atoms with Gasteiger partial charge in [-0.2, -0.15) is 5.10 Å². The quantitative estimate of drug-likeness (QED) is 0.734. The normalized spacial score (nSPS) is 11.3. The van der Waals surface area contributed by atoms with E-state index >= 15 is 0 Å². The topological polar surface area (TPSA) is 73.2 Å². The Hall–Kier alpha value is -2.80. The van der Waals surface area contributed by atoms with E-state index in [1.807, 2.05) is 37.4 Å². The van der Waals surface area contributed by atoms with Gasteiger partial charge in [0.15, 0.2) is 5.82 Å². The second kappa shape index (κ2) is 6.98. The van der Waals surface area contributed by atoms with Gasteiger partial charge in [-0.05, 0) is 36.8 Å². The fourth-order valence-electron chi connectivity index (χ4n) is 2.43. The van der Waals surface area contributed by atoms with Crippen LogP contribution in [0.5, 0.6) is 5.75 Å². The lowest BCUT2D eigenvalue weighted by atomic mass is 10.1. The molecular formula is C18H19N3O3S. The van der Waals surface area contributed by atoms with Gasteiger partial charge >= 0.3 is 0 Å². The second-order valence-electron chi connectivity index (χ2n) is 5.39. The van der Waals surface area contributed by atoms with Crippen molar-refractivity contribution in [1.82, 2.24) is 9.78 Å². The molecule has 3 aromatic rings. The summed E-state index contributed by atoms with van der Waals surface area (Å²) in [5.74, 6) is 1.04. The number of rotatable bonds is 6. The van der Waals surface area contributed by atoms with Gasteiger partial charge in [0.25, 0.3) is 10.0 Å². The molecule has 0 bridgehead atoms. The Morgan fingerprint density at radius 3 is 2.36 bits per heavy atom. The van der Waals surface area contributed by atoms with E-state index in [0.717, 1.165) is 11.3 Å². The lowest BCUT2D eigenvalue weighted by molar-refractivity contribution is 0.415. The maximum atomic E-state index is 12.6. The van der Waals surface area contributed by atoms with Crippen molar-refractivity contribution in [3.63, 3.8) is 0 Å². The van der Waals surface area contributed by atoms with Gasteiger partial charge in [0.05, 0.1) is 12.0 Å². The summed E-state index contributed by atoms with van der Waals surface area (Å²) in [5, 5.41) is 4.35. The summed E-state index contributed by atoms with van der Waals surface area (Å²) in [6, 6.07) is 15.6. The van der Waals surface area contributed by atoms with Gasteiger partial charge in [-0.25, -0.2) is 8.42 Å². The van der Waals surface area contributed by atoms with E-state index in [4.69, 9.17) is 4.74 Å². The minimum atomic E-state index is -3.70. The molecule has 0 aliphatic rings. The zero-order valence-corrected chi connectivity index (χ0v) is 14.8. The van der Waals surface area contributed by atoms with Crippen molar-refractivity contribution in [3.8, 4) is 16.9 Å². The number of nitrogens with one attached hydrogen (secondary N) is 1. The van der Waals surface area contributed by atoms with Gasteiger partial charge in [0.2, 0.25) is 0 Å². The van der Waals surface area contributed by atoms with Gasteiger partial charge in [-0.3, -0.25) is 9.40 Å². The van der Waals surface area contributed by atoms with Crippen molar-refractivity contribution >= 4 is 15.8 Å². The molecule has 0 aliphatic heterocycles. The van der Waals surface area contributed by atoms with Crippen LogP contribution in [0.1, 0.15) is 6.92 Å². The van der Waals surface area contributed by atoms with Crippen molar-refractivity contribution in [2.75, 3.05) is 11.8 Å². The predicted molar refractivity (Wildman–Crippen MR) is 97.1 cm³/mol.